The molecule has 1 aliphatic heterocycles. The molecule has 1 aliphatic rings. The normalized spacial score (nSPS) is 12.6. The van der Waals surface area contributed by atoms with Crippen molar-refractivity contribution in [1.29, 1.82) is 0 Å². The molecule has 0 bridgehead atoms. The zero-order chi connectivity index (χ0) is 24.2. The molecule has 4 rings (SSSR count). The molecule has 1 aromatic heterocycles. The minimum absolute atomic E-state index is 0.0411. The van der Waals surface area contributed by atoms with Crippen molar-refractivity contribution in [2.75, 3.05) is 18.5 Å². The van der Waals surface area contributed by atoms with Crippen molar-refractivity contribution in [2.45, 2.75) is 19.8 Å². The highest BCUT2D eigenvalue weighted by atomic mass is 32.1. The predicted molar refractivity (Wildman–Crippen MR) is 125 cm³/mol. The monoisotopic (exact) mass is 480 g/mol. The maximum atomic E-state index is 13.3. The second-order valence-electron chi connectivity index (χ2n) is 7.54. The summed E-state index contributed by atoms with van der Waals surface area (Å²) >= 11 is 1.16. The molecule has 9 heteroatoms. The molecule has 0 aliphatic carbocycles. The highest BCUT2D eigenvalue weighted by Gasteiger charge is 2.34. The molecule has 0 fully saturated rings. The van der Waals surface area contributed by atoms with Crippen LogP contribution in [0.3, 0.4) is 0 Å². The van der Waals surface area contributed by atoms with Crippen LogP contribution in [0.2, 0.25) is 0 Å². The van der Waals surface area contributed by atoms with Gasteiger partial charge in [-0.2, -0.15) is 0 Å². The van der Waals surface area contributed by atoms with Gasteiger partial charge in [0.15, 0.2) is 0 Å². The fourth-order valence-corrected chi connectivity index (χ4v) is 4.70. The first-order chi connectivity index (χ1) is 16.4. The van der Waals surface area contributed by atoms with Gasteiger partial charge in [0.25, 0.3) is 11.8 Å². The van der Waals surface area contributed by atoms with E-state index in [1.165, 1.54) is 12.1 Å². The molecule has 0 unspecified atom stereocenters. The smallest absolute Gasteiger partial charge is 0.341 e. The van der Waals surface area contributed by atoms with Crippen molar-refractivity contribution in [1.82, 2.24) is 4.90 Å². The van der Waals surface area contributed by atoms with E-state index in [-0.39, 0.29) is 49.3 Å². The summed E-state index contributed by atoms with van der Waals surface area (Å²) in [6, 6.07) is 12.3. The number of carbonyl (C=O) groups is 4. The average Bonchev–Trinajstić information content (AvgIpc) is 3.34. The van der Waals surface area contributed by atoms with Gasteiger partial charge >= 0.3 is 5.97 Å². The van der Waals surface area contributed by atoms with Gasteiger partial charge < -0.3 is 10.1 Å². The van der Waals surface area contributed by atoms with Gasteiger partial charge in [-0.3, -0.25) is 19.3 Å². The summed E-state index contributed by atoms with van der Waals surface area (Å²) < 4.78 is 18.5. The van der Waals surface area contributed by atoms with Crippen LogP contribution in [0.25, 0.3) is 11.1 Å². The maximum absolute atomic E-state index is 13.3. The SMILES string of the molecule is CCOC(=O)c1c(-c2ccc(F)cc2)csc1NC(=O)CCCN1C(=O)c2ccccc2C1=O. The number of anilines is 1. The molecule has 3 aromatic rings. The molecule has 2 heterocycles. The number of esters is 1. The Morgan fingerprint density at radius 1 is 1.00 bits per heavy atom. The summed E-state index contributed by atoms with van der Waals surface area (Å²) in [5.74, 6) is -2.09. The van der Waals surface area contributed by atoms with Gasteiger partial charge in [-0.05, 0) is 43.2 Å². The number of fused-ring (bicyclic) bond motifs is 1. The van der Waals surface area contributed by atoms with Crippen molar-refractivity contribution in [3.8, 4) is 11.1 Å². The molecule has 34 heavy (non-hydrogen) atoms. The van der Waals surface area contributed by atoms with E-state index in [1.54, 1.807) is 48.7 Å². The van der Waals surface area contributed by atoms with Crippen LogP contribution in [0, 0.1) is 5.82 Å². The number of ether oxygens (including phenoxy) is 1. The van der Waals surface area contributed by atoms with E-state index in [1.807, 2.05) is 0 Å². The molecule has 0 saturated carbocycles. The summed E-state index contributed by atoms with van der Waals surface area (Å²) in [7, 11) is 0. The van der Waals surface area contributed by atoms with E-state index in [4.69, 9.17) is 4.74 Å². The topological polar surface area (TPSA) is 92.8 Å². The number of nitrogens with one attached hydrogen (secondary N) is 1. The van der Waals surface area contributed by atoms with Crippen molar-refractivity contribution < 1.29 is 28.3 Å². The van der Waals surface area contributed by atoms with Gasteiger partial charge in [0.05, 0.1) is 17.7 Å². The van der Waals surface area contributed by atoms with Crippen molar-refractivity contribution in [2.24, 2.45) is 0 Å². The lowest BCUT2D eigenvalue weighted by Gasteiger charge is -2.13. The van der Waals surface area contributed by atoms with E-state index < -0.39 is 11.8 Å². The molecule has 0 atom stereocenters. The van der Waals surface area contributed by atoms with Gasteiger partial charge in [-0.1, -0.05) is 24.3 Å². The quantitative estimate of drug-likeness (QED) is 0.371. The minimum atomic E-state index is -0.593. The summed E-state index contributed by atoms with van der Waals surface area (Å²) in [5, 5.41) is 4.76. The molecule has 0 radical (unpaired) electrons. The minimum Gasteiger partial charge on any atom is -0.462 e. The highest BCUT2D eigenvalue weighted by Crippen LogP contribution is 2.36. The largest absolute Gasteiger partial charge is 0.462 e. The summed E-state index contributed by atoms with van der Waals surface area (Å²) in [6.45, 7) is 1.94. The Morgan fingerprint density at radius 3 is 2.26 bits per heavy atom. The number of nitrogens with zero attached hydrogens (tertiary/aromatic N) is 1. The van der Waals surface area contributed by atoms with Crippen LogP contribution in [-0.2, 0) is 9.53 Å². The lowest BCUT2D eigenvalue weighted by molar-refractivity contribution is -0.116. The molecule has 0 saturated heterocycles. The number of rotatable bonds is 8. The van der Waals surface area contributed by atoms with Crippen LogP contribution >= 0.6 is 11.3 Å². The Balaban J connectivity index is 1.43. The molecule has 3 amide bonds. The van der Waals surface area contributed by atoms with Crippen LogP contribution in [0.5, 0.6) is 0 Å². The van der Waals surface area contributed by atoms with Crippen LogP contribution in [0.1, 0.15) is 50.8 Å². The fraction of sp³-hybridized carbons (Fsp3) is 0.200. The Bertz CT molecular complexity index is 1230. The summed E-state index contributed by atoms with van der Waals surface area (Å²) in [5.41, 5.74) is 2.08. The summed E-state index contributed by atoms with van der Waals surface area (Å²) in [6.07, 6.45) is 0.307. The molecule has 7 nitrogen and oxygen atoms in total. The predicted octanol–water partition coefficient (Wildman–Crippen LogP) is 4.75. The number of halogens is 1. The Labute approximate surface area is 199 Å². The first-order valence-electron chi connectivity index (χ1n) is 10.7. The number of hydrogen-bond acceptors (Lipinski definition) is 6. The summed E-state index contributed by atoms with van der Waals surface area (Å²) in [4.78, 5) is 51.2. The Hall–Kier alpha value is -3.85. The van der Waals surface area contributed by atoms with Gasteiger partial charge in [0, 0.05) is 23.9 Å². The number of carbonyl (C=O) groups excluding carboxylic acids is 4. The molecule has 1 N–H and O–H groups in total. The molecule has 0 spiro atoms. The van der Waals surface area contributed by atoms with Crippen LogP contribution in [-0.4, -0.2) is 41.7 Å². The lowest BCUT2D eigenvalue weighted by Crippen LogP contribution is -2.31. The number of imide groups is 1. The van der Waals surface area contributed by atoms with Crippen LogP contribution < -0.4 is 5.32 Å². The standard InChI is InChI=1S/C25H21FN2O5S/c1-2-33-25(32)21-19(15-9-11-16(26)12-10-15)14-34-22(21)27-20(29)8-5-13-28-23(30)17-6-3-4-7-18(17)24(28)31/h3-4,6-7,9-12,14H,2,5,8,13H2,1H3,(H,27,29). The zero-order valence-electron chi connectivity index (χ0n) is 18.3. The van der Waals surface area contributed by atoms with Gasteiger partial charge in [-0.15, -0.1) is 11.3 Å². The lowest BCUT2D eigenvalue weighted by atomic mass is 10.0. The van der Waals surface area contributed by atoms with E-state index >= 15 is 0 Å². The molecular formula is C25H21FN2O5S. The van der Waals surface area contributed by atoms with Crippen LogP contribution in [0.15, 0.2) is 53.9 Å². The van der Waals surface area contributed by atoms with Gasteiger partial charge in [-0.25, -0.2) is 9.18 Å². The maximum Gasteiger partial charge on any atom is 0.341 e. The Morgan fingerprint density at radius 2 is 1.65 bits per heavy atom. The van der Waals surface area contributed by atoms with E-state index in [0.717, 1.165) is 16.2 Å². The van der Waals surface area contributed by atoms with Crippen LogP contribution in [0.4, 0.5) is 9.39 Å². The van der Waals surface area contributed by atoms with Crippen molar-refractivity contribution in [3.05, 3.63) is 76.4 Å². The van der Waals surface area contributed by atoms with E-state index in [2.05, 4.69) is 5.32 Å². The van der Waals surface area contributed by atoms with Crippen molar-refractivity contribution >= 4 is 40.0 Å². The third kappa shape index (κ3) is 4.60. The highest BCUT2D eigenvalue weighted by molar-refractivity contribution is 7.15. The third-order valence-electron chi connectivity index (χ3n) is 5.34. The number of hydrogen-bond donors (Lipinski definition) is 1. The fourth-order valence-electron chi connectivity index (χ4n) is 3.73. The number of amides is 3. The second kappa shape index (κ2) is 9.96. The first kappa shape index (κ1) is 23.3. The van der Waals surface area contributed by atoms with E-state index in [0.29, 0.717) is 27.3 Å². The third-order valence-corrected chi connectivity index (χ3v) is 6.24. The number of benzene rings is 2. The first-order valence-corrected chi connectivity index (χ1v) is 11.6. The van der Waals surface area contributed by atoms with E-state index in [9.17, 15) is 23.6 Å². The second-order valence-corrected chi connectivity index (χ2v) is 8.42. The molecule has 174 valence electrons. The molecular weight excluding hydrogens is 459 g/mol. The van der Waals surface area contributed by atoms with Gasteiger partial charge in [0.2, 0.25) is 5.91 Å². The number of thiophene rings is 1. The zero-order valence-corrected chi connectivity index (χ0v) is 19.1. The van der Waals surface area contributed by atoms with Crippen molar-refractivity contribution in [3.63, 3.8) is 0 Å². The average molecular weight is 481 g/mol. The Kier molecular flexibility index (Phi) is 6.83. The molecule has 2 aromatic carbocycles. The van der Waals surface area contributed by atoms with Gasteiger partial charge in [0.1, 0.15) is 16.4 Å².